The number of hydrogen-bond acceptors (Lipinski definition) is 3. The van der Waals surface area contributed by atoms with Crippen molar-refractivity contribution in [3.8, 4) is 0 Å². The van der Waals surface area contributed by atoms with Crippen LogP contribution in [0.4, 0.5) is 5.95 Å². The van der Waals surface area contributed by atoms with Crippen LogP contribution in [-0.2, 0) is 13.0 Å². The second-order valence-electron chi connectivity index (χ2n) is 4.57. The maximum Gasteiger partial charge on any atom is 0.227 e. The van der Waals surface area contributed by atoms with Crippen LogP contribution in [0, 0.1) is 6.92 Å². The zero-order valence-corrected chi connectivity index (χ0v) is 11.0. The van der Waals surface area contributed by atoms with Crippen molar-refractivity contribution in [3.05, 3.63) is 52.3 Å². The van der Waals surface area contributed by atoms with E-state index < -0.39 is 0 Å². The number of aromatic nitrogens is 2. The molecule has 0 saturated heterocycles. The minimum absolute atomic E-state index is 0.511. The third-order valence-corrected chi connectivity index (χ3v) is 3.42. The predicted octanol–water partition coefficient (Wildman–Crippen LogP) is 3.00. The van der Waals surface area contributed by atoms with Crippen molar-refractivity contribution in [3.63, 3.8) is 0 Å². The third kappa shape index (κ3) is 2.18. The molecule has 3 nitrogen and oxygen atoms in total. The summed E-state index contributed by atoms with van der Waals surface area (Å²) in [5, 5.41) is 0.511. The van der Waals surface area contributed by atoms with E-state index in [-0.39, 0.29) is 0 Å². The van der Waals surface area contributed by atoms with Gasteiger partial charge in [0.1, 0.15) is 5.15 Å². The summed E-state index contributed by atoms with van der Waals surface area (Å²) in [7, 11) is 0. The van der Waals surface area contributed by atoms with Gasteiger partial charge < -0.3 is 4.90 Å². The Bertz CT molecular complexity index is 563. The first-order valence-electron chi connectivity index (χ1n) is 6.05. The number of nitrogens with zero attached hydrogens (tertiary/aromatic N) is 3. The number of fused-ring (bicyclic) bond motifs is 1. The summed E-state index contributed by atoms with van der Waals surface area (Å²) in [6.07, 6.45) is 1.03. The number of rotatable bonds is 1. The Hall–Kier alpha value is -1.61. The second kappa shape index (κ2) is 4.58. The normalized spacial score (nSPS) is 14.4. The fourth-order valence-electron chi connectivity index (χ4n) is 2.32. The van der Waals surface area contributed by atoms with Gasteiger partial charge >= 0.3 is 0 Å². The summed E-state index contributed by atoms with van der Waals surface area (Å²) < 4.78 is 0. The molecule has 0 fully saturated rings. The van der Waals surface area contributed by atoms with Gasteiger partial charge in [0, 0.05) is 18.8 Å². The predicted molar refractivity (Wildman–Crippen MR) is 73.0 cm³/mol. The van der Waals surface area contributed by atoms with Crippen LogP contribution in [0.3, 0.4) is 0 Å². The Balaban J connectivity index is 1.91. The minimum Gasteiger partial charge on any atom is -0.336 e. The molecule has 92 valence electrons. The fourth-order valence-corrected chi connectivity index (χ4v) is 2.56. The molecule has 0 bridgehead atoms. The quantitative estimate of drug-likeness (QED) is 0.738. The summed E-state index contributed by atoms with van der Waals surface area (Å²) in [5.74, 6) is 0.731. The van der Waals surface area contributed by atoms with Crippen LogP contribution in [0.25, 0.3) is 0 Å². The largest absolute Gasteiger partial charge is 0.336 e. The highest BCUT2D eigenvalue weighted by Gasteiger charge is 2.18. The molecule has 4 heteroatoms. The Morgan fingerprint density at radius 2 is 1.94 bits per heavy atom. The van der Waals surface area contributed by atoms with Gasteiger partial charge in [0.25, 0.3) is 0 Å². The van der Waals surface area contributed by atoms with E-state index in [2.05, 4.69) is 39.1 Å². The second-order valence-corrected chi connectivity index (χ2v) is 4.96. The zero-order chi connectivity index (χ0) is 12.5. The van der Waals surface area contributed by atoms with Crippen LogP contribution in [-0.4, -0.2) is 16.5 Å². The molecule has 0 saturated carbocycles. The smallest absolute Gasteiger partial charge is 0.227 e. The van der Waals surface area contributed by atoms with Crippen molar-refractivity contribution in [1.82, 2.24) is 9.97 Å². The molecule has 0 unspecified atom stereocenters. The Morgan fingerprint density at radius 3 is 2.72 bits per heavy atom. The summed E-state index contributed by atoms with van der Waals surface area (Å²) in [6.45, 7) is 3.74. The van der Waals surface area contributed by atoms with Crippen molar-refractivity contribution in [2.45, 2.75) is 19.9 Å². The van der Waals surface area contributed by atoms with Crippen molar-refractivity contribution in [2.75, 3.05) is 11.4 Å². The highest BCUT2D eigenvalue weighted by atomic mass is 35.5. The molecule has 0 N–H and O–H groups in total. The van der Waals surface area contributed by atoms with Crippen LogP contribution in [0.1, 0.15) is 16.8 Å². The standard InChI is InChI=1S/C14H14ClN3/c1-10-8-13(15)17-14(16-10)18-7-6-11-4-2-3-5-12(11)9-18/h2-5,8H,6-7,9H2,1H3. The summed E-state index contributed by atoms with van der Waals surface area (Å²) in [4.78, 5) is 11.0. The fraction of sp³-hybridized carbons (Fsp3) is 0.286. The van der Waals surface area contributed by atoms with Gasteiger partial charge in [-0.3, -0.25) is 0 Å². The Morgan fingerprint density at radius 1 is 1.17 bits per heavy atom. The van der Waals surface area contributed by atoms with E-state index in [1.807, 2.05) is 6.92 Å². The molecule has 3 rings (SSSR count). The van der Waals surface area contributed by atoms with Crippen LogP contribution in [0.15, 0.2) is 30.3 Å². The van der Waals surface area contributed by atoms with Gasteiger partial charge in [0.05, 0.1) is 0 Å². The van der Waals surface area contributed by atoms with Gasteiger partial charge in [0.15, 0.2) is 0 Å². The molecule has 18 heavy (non-hydrogen) atoms. The molecule has 0 radical (unpaired) electrons. The van der Waals surface area contributed by atoms with Crippen molar-refractivity contribution in [1.29, 1.82) is 0 Å². The van der Waals surface area contributed by atoms with Gasteiger partial charge in [0.2, 0.25) is 5.95 Å². The summed E-state index contributed by atoms with van der Waals surface area (Å²) >= 11 is 5.99. The lowest BCUT2D eigenvalue weighted by Gasteiger charge is -2.28. The highest BCUT2D eigenvalue weighted by Crippen LogP contribution is 2.23. The summed E-state index contributed by atoms with van der Waals surface area (Å²) in [6, 6.07) is 10.3. The van der Waals surface area contributed by atoms with E-state index in [1.165, 1.54) is 11.1 Å². The average molecular weight is 260 g/mol. The summed E-state index contributed by atoms with van der Waals surface area (Å²) in [5.41, 5.74) is 3.68. The van der Waals surface area contributed by atoms with Crippen molar-refractivity contribution >= 4 is 17.5 Å². The van der Waals surface area contributed by atoms with Gasteiger partial charge in [-0.25, -0.2) is 9.97 Å². The number of benzene rings is 1. The number of hydrogen-bond donors (Lipinski definition) is 0. The number of aryl methyl sites for hydroxylation is 1. The molecule has 1 aliphatic heterocycles. The lowest BCUT2D eigenvalue weighted by molar-refractivity contribution is 0.706. The molecule has 2 aromatic rings. The SMILES string of the molecule is Cc1cc(Cl)nc(N2CCc3ccccc3C2)n1. The van der Waals surface area contributed by atoms with Gasteiger partial charge in [-0.2, -0.15) is 0 Å². The van der Waals surface area contributed by atoms with E-state index in [1.54, 1.807) is 6.07 Å². The first-order valence-corrected chi connectivity index (χ1v) is 6.43. The molecular formula is C14H14ClN3. The molecule has 0 amide bonds. The topological polar surface area (TPSA) is 29.0 Å². The molecule has 0 atom stereocenters. The first kappa shape index (κ1) is 11.5. The van der Waals surface area contributed by atoms with Crippen LogP contribution in [0.2, 0.25) is 5.15 Å². The molecule has 0 aliphatic carbocycles. The lowest BCUT2D eigenvalue weighted by Crippen LogP contribution is -2.31. The van der Waals surface area contributed by atoms with E-state index in [0.717, 1.165) is 31.2 Å². The van der Waals surface area contributed by atoms with E-state index in [0.29, 0.717) is 5.15 Å². The monoisotopic (exact) mass is 259 g/mol. The Labute approximate surface area is 111 Å². The van der Waals surface area contributed by atoms with Crippen LogP contribution >= 0.6 is 11.6 Å². The third-order valence-electron chi connectivity index (χ3n) is 3.22. The van der Waals surface area contributed by atoms with E-state index >= 15 is 0 Å². The number of anilines is 1. The maximum absolute atomic E-state index is 5.99. The average Bonchev–Trinajstić information content (AvgIpc) is 2.37. The molecule has 0 spiro atoms. The molecule has 1 aliphatic rings. The van der Waals surface area contributed by atoms with Crippen molar-refractivity contribution in [2.24, 2.45) is 0 Å². The van der Waals surface area contributed by atoms with E-state index in [9.17, 15) is 0 Å². The molecule has 2 heterocycles. The van der Waals surface area contributed by atoms with Crippen LogP contribution < -0.4 is 4.90 Å². The zero-order valence-electron chi connectivity index (χ0n) is 10.2. The van der Waals surface area contributed by atoms with E-state index in [4.69, 9.17) is 11.6 Å². The van der Waals surface area contributed by atoms with Crippen molar-refractivity contribution < 1.29 is 0 Å². The number of halogens is 1. The van der Waals surface area contributed by atoms with Crippen LogP contribution in [0.5, 0.6) is 0 Å². The molecule has 1 aromatic carbocycles. The maximum atomic E-state index is 5.99. The van der Waals surface area contributed by atoms with Gasteiger partial charge in [-0.05, 0) is 30.5 Å². The first-order chi connectivity index (χ1) is 8.72. The Kier molecular flexibility index (Phi) is 2.92. The van der Waals surface area contributed by atoms with Gasteiger partial charge in [-0.1, -0.05) is 35.9 Å². The molecular weight excluding hydrogens is 246 g/mol. The molecule has 1 aromatic heterocycles. The highest BCUT2D eigenvalue weighted by molar-refractivity contribution is 6.29. The lowest BCUT2D eigenvalue weighted by atomic mass is 10.0. The van der Waals surface area contributed by atoms with Gasteiger partial charge in [-0.15, -0.1) is 0 Å². The minimum atomic E-state index is 0.511.